The molecule has 0 aliphatic rings. The Morgan fingerprint density at radius 2 is 1.95 bits per heavy atom. The summed E-state index contributed by atoms with van der Waals surface area (Å²) in [6, 6.07) is 2.61. The van der Waals surface area contributed by atoms with E-state index in [-0.39, 0.29) is 16.5 Å². The van der Waals surface area contributed by atoms with Gasteiger partial charge in [0, 0.05) is 0 Å². The quantitative estimate of drug-likeness (QED) is 0.786. The van der Waals surface area contributed by atoms with Crippen molar-refractivity contribution in [3.8, 4) is 0 Å². The highest BCUT2D eigenvalue weighted by Gasteiger charge is 2.31. The van der Waals surface area contributed by atoms with E-state index in [2.05, 4.69) is 5.43 Å². The molecule has 0 bridgehead atoms. The number of benzene rings is 1. The molecule has 0 spiro atoms. The molecule has 0 radical (unpaired) electrons. The summed E-state index contributed by atoms with van der Waals surface area (Å²) >= 11 is 5.71. The Bertz CT molecular complexity index is 561. The summed E-state index contributed by atoms with van der Waals surface area (Å²) in [5, 5.41) is -0.0174. The van der Waals surface area contributed by atoms with Crippen molar-refractivity contribution in [2.75, 3.05) is 11.2 Å². The van der Waals surface area contributed by atoms with Gasteiger partial charge in [-0.1, -0.05) is 24.9 Å². The molecular weight excluding hydrogens is 317 g/mol. The molecule has 0 heterocycles. The zero-order valence-corrected chi connectivity index (χ0v) is 12.2. The van der Waals surface area contributed by atoms with Crippen LogP contribution in [0, 0.1) is 0 Å². The minimum Gasteiger partial charge on any atom is -0.307 e. The molecule has 1 rings (SSSR count). The van der Waals surface area contributed by atoms with Gasteiger partial charge in [-0.25, -0.2) is 8.42 Å². The zero-order chi connectivity index (χ0) is 15.4. The van der Waals surface area contributed by atoms with Crippen LogP contribution >= 0.6 is 11.6 Å². The number of sulfonamides is 1. The number of nitrogens with one attached hydrogen (secondary N) is 2. The summed E-state index contributed by atoms with van der Waals surface area (Å²) in [5.41, 5.74) is 1.13. The van der Waals surface area contributed by atoms with E-state index >= 15 is 0 Å². The molecule has 0 atom stereocenters. The van der Waals surface area contributed by atoms with Crippen molar-refractivity contribution in [1.82, 2.24) is 4.83 Å². The second kappa shape index (κ2) is 6.64. The molecule has 0 aromatic heterocycles. The number of halogens is 4. The van der Waals surface area contributed by atoms with E-state index in [0.29, 0.717) is 12.8 Å². The largest absolute Gasteiger partial charge is 0.416 e. The summed E-state index contributed by atoms with van der Waals surface area (Å²) in [7, 11) is -3.61. The maximum atomic E-state index is 12.5. The molecule has 0 saturated carbocycles. The van der Waals surface area contributed by atoms with E-state index < -0.39 is 21.8 Å². The van der Waals surface area contributed by atoms with Gasteiger partial charge in [-0.05, 0) is 24.6 Å². The van der Waals surface area contributed by atoms with Crippen molar-refractivity contribution in [1.29, 1.82) is 0 Å². The molecule has 0 amide bonds. The standard InChI is InChI=1S/C11H14ClF3N2O2S/c1-2-3-6-20(18,19)17-16-10-7-8(11(13,14)15)4-5-9(10)12/h4-5,7,16-17H,2-3,6H2,1H3. The van der Waals surface area contributed by atoms with Crippen LogP contribution in [0.4, 0.5) is 18.9 Å². The lowest BCUT2D eigenvalue weighted by Crippen LogP contribution is -2.31. The first-order valence-electron chi connectivity index (χ1n) is 5.78. The van der Waals surface area contributed by atoms with Gasteiger partial charge < -0.3 is 5.43 Å². The van der Waals surface area contributed by atoms with Gasteiger partial charge in [0.25, 0.3) is 0 Å². The minimum atomic E-state index is -4.53. The van der Waals surface area contributed by atoms with Gasteiger partial charge in [0.05, 0.1) is 22.0 Å². The molecule has 1 aromatic rings. The van der Waals surface area contributed by atoms with Crippen molar-refractivity contribution >= 4 is 27.3 Å². The van der Waals surface area contributed by atoms with Crippen molar-refractivity contribution < 1.29 is 21.6 Å². The first-order chi connectivity index (χ1) is 9.15. The van der Waals surface area contributed by atoms with Crippen molar-refractivity contribution in [3.63, 3.8) is 0 Å². The van der Waals surface area contributed by atoms with Gasteiger partial charge in [0.1, 0.15) is 0 Å². The Morgan fingerprint density at radius 3 is 2.50 bits per heavy atom. The summed E-state index contributed by atoms with van der Waals surface area (Å²) in [6.07, 6.45) is -3.39. The van der Waals surface area contributed by atoms with Crippen molar-refractivity contribution in [3.05, 3.63) is 28.8 Å². The Hall–Kier alpha value is -0.990. The average molecular weight is 331 g/mol. The molecule has 0 aliphatic carbocycles. The molecule has 0 fully saturated rings. The van der Waals surface area contributed by atoms with E-state index in [4.69, 9.17) is 11.6 Å². The smallest absolute Gasteiger partial charge is 0.307 e. The summed E-state index contributed by atoms with van der Waals surface area (Å²) in [6.45, 7) is 1.83. The summed E-state index contributed by atoms with van der Waals surface area (Å²) < 4.78 is 60.6. The van der Waals surface area contributed by atoms with Gasteiger partial charge in [-0.3, -0.25) is 0 Å². The Balaban J connectivity index is 2.83. The van der Waals surface area contributed by atoms with Crippen LogP contribution in [-0.2, 0) is 16.2 Å². The maximum Gasteiger partial charge on any atom is 0.416 e. The third-order valence-electron chi connectivity index (χ3n) is 2.40. The number of rotatable bonds is 6. The van der Waals surface area contributed by atoms with Crippen molar-refractivity contribution in [2.24, 2.45) is 0 Å². The van der Waals surface area contributed by atoms with Crippen LogP contribution in [-0.4, -0.2) is 14.2 Å². The number of hydrogen-bond donors (Lipinski definition) is 2. The summed E-state index contributed by atoms with van der Waals surface area (Å²) in [4.78, 5) is 2.00. The molecule has 0 unspecified atom stereocenters. The monoisotopic (exact) mass is 330 g/mol. The molecule has 0 saturated heterocycles. The average Bonchev–Trinajstić information content (AvgIpc) is 2.34. The third-order valence-corrected chi connectivity index (χ3v) is 3.97. The molecule has 1 aromatic carbocycles. The van der Waals surface area contributed by atoms with E-state index in [9.17, 15) is 21.6 Å². The molecule has 20 heavy (non-hydrogen) atoms. The van der Waals surface area contributed by atoms with Crippen LogP contribution in [0.5, 0.6) is 0 Å². The van der Waals surface area contributed by atoms with Crippen LogP contribution in [0.1, 0.15) is 25.3 Å². The number of alkyl halides is 3. The minimum absolute atomic E-state index is 0.0174. The number of unbranched alkanes of at least 4 members (excludes halogenated alkanes) is 1. The van der Waals surface area contributed by atoms with Crippen LogP contribution in [0.2, 0.25) is 5.02 Å². The highest BCUT2D eigenvalue weighted by atomic mass is 35.5. The predicted octanol–water partition coefficient (Wildman–Crippen LogP) is 3.41. The van der Waals surface area contributed by atoms with Gasteiger partial charge in [0.15, 0.2) is 0 Å². The van der Waals surface area contributed by atoms with E-state index in [1.54, 1.807) is 0 Å². The Labute approximate surface area is 120 Å². The summed E-state index contributed by atoms with van der Waals surface area (Å²) in [5.74, 6) is -0.118. The molecule has 2 N–H and O–H groups in total. The fourth-order valence-electron chi connectivity index (χ4n) is 1.32. The normalized spacial score (nSPS) is 12.4. The highest BCUT2D eigenvalue weighted by Crippen LogP contribution is 2.33. The molecule has 114 valence electrons. The Kier molecular flexibility index (Phi) is 5.67. The van der Waals surface area contributed by atoms with Crippen molar-refractivity contribution in [2.45, 2.75) is 25.9 Å². The van der Waals surface area contributed by atoms with Gasteiger partial charge >= 0.3 is 6.18 Å². The fraction of sp³-hybridized carbons (Fsp3) is 0.455. The molecule has 0 aliphatic heterocycles. The van der Waals surface area contributed by atoms with Gasteiger partial charge in [-0.2, -0.15) is 13.2 Å². The van der Waals surface area contributed by atoms with Crippen LogP contribution in [0.25, 0.3) is 0 Å². The first kappa shape index (κ1) is 17.1. The zero-order valence-electron chi connectivity index (χ0n) is 10.6. The Morgan fingerprint density at radius 1 is 1.30 bits per heavy atom. The second-order valence-electron chi connectivity index (χ2n) is 4.09. The van der Waals surface area contributed by atoms with Gasteiger partial charge in [0.2, 0.25) is 10.0 Å². The third kappa shape index (κ3) is 5.18. The van der Waals surface area contributed by atoms with E-state index in [0.717, 1.165) is 18.2 Å². The second-order valence-corrected chi connectivity index (χ2v) is 6.34. The maximum absolute atomic E-state index is 12.5. The lowest BCUT2D eigenvalue weighted by atomic mass is 10.2. The van der Waals surface area contributed by atoms with E-state index in [1.807, 2.05) is 11.8 Å². The van der Waals surface area contributed by atoms with Crippen LogP contribution in [0.15, 0.2) is 18.2 Å². The molecule has 4 nitrogen and oxygen atoms in total. The van der Waals surface area contributed by atoms with Crippen LogP contribution in [0.3, 0.4) is 0 Å². The fourth-order valence-corrected chi connectivity index (χ4v) is 2.52. The highest BCUT2D eigenvalue weighted by molar-refractivity contribution is 7.89. The number of hydrazine groups is 1. The lowest BCUT2D eigenvalue weighted by molar-refractivity contribution is -0.137. The predicted molar refractivity (Wildman–Crippen MR) is 71.9 cm³/mol. The van der Waals surface area contributed by atoms with E-state index in [1.165, 1.54) is 0 Å². The topological polar surface area (TPSA) is 58.2 Å². The lowest BCUT2D eigenvalue weighted by Gasteiger charge is -2.13. The van der Waals surface area contributed by atoms with Gasteiger partial charge in [-0.15, -0.1) is 4.83 Å². The SMILES string of the molecule is CCCCS(=O)(=O)NNc1cc(C(F)(F)F)ccc1Cl. The molecule has 9 heteroatoms. The molecular formula is C11H14ClF3N2O2S. The van der Waals surface area contributed by atoms with Crippen LogP contribution < -0.4 is 10.3 Å². The number of hydrogen-bond acceptors (Lipinski definition) is 3. The first-order valence-corrected chi connectivity index (χ1v) is 7.81. The number of anilines is 1.